The molecule has 7 nitrogen and oxygen atoms in total. The molecule has 0 bridgehead atoms. The summed E-state index contributed by atoms with van der Waals surface area (Å²) in [5, 5.41) is 10.6. The topological polar surface area (TPSA) is 80.5 Å². The van der Waals surface area contributed by atoms with Gasteiger partial charge in [-0.15, -0.1) is 0 Å². The Bertz CT molecular complexity index is 1070. The lowest BCUT2D eigenvalue weighted by molar-refractivity contribution is -0.138. The number of nitrogens with zero attached hydrogens (tertiary/aromatic N) is 4. The predicted molar refractivity (Wildman–Crippen MR) is 126 cm³/mol. The lowest BCUT2D eigenvalue weighted by Crippen LogP contribution is -2.40. The molecule has 2 aromatic heterocycles. The molecule has 1 aromatic carbocycles. The average Bonchev–Trinajstić information content (AvgIpc) is 3.33. The third-order valence-corrected chi connectivity index (χ3v) is 6.66. The summed E-state index contributed by atoms with van der Waals surface area (Å²) in [5.74, 6) is -0.0547. The van der Waals surface area contributed by atoms with E-state index in [0.29, 0.717) is 34.8 Å². The Labute approximate surface area is 196 Å². The molecule has 1 fully saturated rings. The monoisotopic (exact) mass is 476 g/mol. The number of anilines is 1. The zero-order valence-electron chi connectivity index (χ0n) is 17.7. The van der Waals surface area contributed by atoms with Gasteiger partial charge in [0, 0.05) is 36.4 Å². The van der Waals surface area contributed by atoms with E-state index in [1.807, 2.05) is 16.8 Å². The first kappa shape index (κ1) is 22.8. The number of imidazole rings is 1. The molecule has 0 amide bonds. The number of carboxylic acids is 1. The molecule has 170 valence electrons. The van der Waals surface area contributed by atoms with Gasteiger partial charge < -0.3 is 19.3 Å². The lowest BCUT2D eigenvalue weighted by Gasteiger charge is -2.35. The van der Waals surface area contributed by atoms with Crippen LogP contribution in [0.25, 0.3) is 16.6 Å². The minimum absolute atomic E-state index is 0.00343. The Balaban J connectivity index is 1.72. The summed E-state index contributed by atoms with van der Waals surface area (Å²) in [6.07, 6.45) is 11.1. The number of aromatic nitrogens is 3. The van der Waals surface area contributed by atoms with Gasteiger partial charge in [0.15, 0.2) is 0 Å². The molecule has 1 aliphatic carbocycles. The number of ether oxygens (including phenoxy) is 1. The number of rotatable bonds is 9. The maximum atomic E-state index is 10.8. The highest BCUT2D eigenvalue weighted by molar-refractivity contribution is 6.45. The number of benzene rings is 1. The second-order valence-corrected chi connectivity index (χ2v) is 8.75. The van der Waals surface area contributed by atoms with E-state index in [2.05, 4.69) is 16.0 Å². The summed E-state index contributed by atoms with van der Waals surface area (Å²) >= 11 is 12.9. The molecule has 1 N–H and O–H groups in total. The number of carbonyl (C=O) groups is 1. The number of hydrogen-bond donors (Lipinski definition) is 1. The van der Waals surface area contributed by atoms with Crippen molar-refractivity contribution < 1.29 is 14.6 Å². The molecular formula is C23H26Cl2N4O3. The Morgan fingerprint density at radius 1 is 1.22 bits per heavy atom. The van der Waals surface area contributed by atoms with Crippen molar-refractivity contribution in [3.8, 4) is 5.69 Å². The van der Waals surface area contributed by atoms with Crippen LogP contribution in [0.2, 0.25) is 10.0 Å². The molecule has 2 heterocycles. The van der Waals surface area contributed by atoms with Gasteiger partial charge in [0.1, 0.15) is 5.82 Å². The molecule has 3 aromatic rings. The maximum absolute atomic E-state index is 10.8. The van der Waals surface area contributed by atoms with Gasteiger partial charge in [-0.05, 0) is 25.0 Å². The first-order chi connectivity index (χ1) is 15.5. The van der Waals surface area contributed by atoms with Crippen LogP contribution in [-0.2, 0) is 9.53 Å². The number of carboxylic acid groups (broad SMARTS) is 1. The van der Waals surface area contributed by atoms with Crippen LogP contribution >= 0.6 is 23.2 Å². The highest BCUT2D eigenvalue weighted by Crippen LogP contribution is 2.36. The molecule has 0 aliphatic heterocycles. The van der Waals surface area contributed by atoms with E-state index in [-0.39, 0.29) is 13.0 Å². The van der Waals surface area contributed by atoms with Crippen molar-refractivity contribution >= 4 is 45.9 Å². The Morgan fingerprint density at radius 2 is 2.03 bits per heavy atom. The Hall–Kier alpha value is -2.35. The number of aliphatic carboxylic acids is 1. The van der Waals surface area contributed by atoms with Gasteiger partial charge in [0.05, 0.1) is 47.2 Å². The number of halogens is 2. The van der Waals surface area contributed by atoms with Gasteiger partial charge in [0.25, 0.3) is 0 Å². The molecular weight excluding hydrogens is 451 g/mol. The molecule has 0 spiro atoms. The highest BCUT2D eigenvalue weighted by atomic mass is 35.5. The van der Waals surface area contributed by atoms with Gasteiger partial charge in [-0.2, -0.15) is 0 Å². The van der Waals surface area contributed by atoms with E-state index < -0.39 is 5.97 Å². The van der Waals surface area contributed by atoms with Crippen LogP contribution in [0.5, 0.6) is 0 Å². The van der Waals surface area contributed by atoms with Crippen molar-refractivity contribution in [1.29, 1.82) is 0 Å². The van der Waals surface area contributed by atoms with Crippen molar-refractivity contribution in [3.63, 3.8) is 0 Å². The highest BCUT2D eigenvalue weighted by Gasteiger charge is 2.24. The maximum Gasteiger partial charge on any atom is 0.305 e. The zero-order chi connectivity index (χ0) is 22.5. The Morgan fingerprint density at radius 3 is 2.75 bits per heavy atom. The van der Waals surface area contributed by atoms with E-state index in [0.717, 1.165) is 29.7 Å². The zero-order valence-corrected chi connectivity index (χ0v) is 19.2. The molecule has 0 radical (unpaired) electrons. The first-order valence-electron chi connectivity index (χ1n) is 10.9. The summed E-state index contributed by atoms with van der Waals surface area (Å²) in [7, 11) is 0. The molecule has 0 atom stereocenters. The molecule has 32 heavy (non-hydrogen) atoms. The third kappa shape index (κ3) is 5.17. The van der Waals surface area contributed by atoms with Crippen LogP contribution < -0.4 is 4.90 Å². The van der Waals surface area contributed by atoms with Gasteiger partial charge in [-0.25, -0.2) is 9.97 Å². The van der Waals surface area contributed by atoms with E-state index >= 15 is 0 Å². The van der Waals surface area contributed by atoms with Crippen molar-refractivity contribution in [2.45, 2.75) is 44.6 Å². The van der Waals surface area contributed by atoms with Crippen molar-refractivity contribution in [1.82, 2.24) is 14.5 Å². The minimum Gasteiger partial charge on any atom is -0.481 e. The largest absolute Gasteiger partial charge is 0.481 e. The van der Waals surface area contributed by atoms with Crippen LogP contribution in [-0.4, -0.2) is 51.4 Å². The standard InChI is InChI=1S/C23H26Cl2N4O3/c24-18-7-6-17-19(28-10-9-26-15-28)14-20(27-23(17)22(18)25)29(16-4-2-1-3-5-16)11-13-32-12-8-21(30)31/h6-7,9-10,14-16H,1-5,8,11-13H2,(H,30,31). The van der Waals surface area contributed by atoms with Crippen molar-refractivity contribution in [2.75, 3.05) is 24.7 Å². The van der Waals surface area contributed by atoms with Gasteiger partial charge in [-0.1, -0.05) is 42.5 Å². The van der Waals surface area contributed by atoms with Crippen LogP contribution in [0.3, 0.4) is 0 Å². The third-order valence-electron chi connectivity index (χ3n) is 5.87. The molecule has 1 saturated carbocycles. The van der Waals surface area contributed by atoms with Gasteiger partial charge >= 0.3 is 5.97 Å². The molecule has 4 rings (SSSR count). The van der Waals surface area contributed by atoms with Crippen LogP contribution in [0.4, 0.5) is 5.82 Å². The summed E-state index contributed by atoms with van der Waals surface area (Å²) in [6.45, 7) is 1.23. The first-order valence-corrected chi connectivity index (χ1v) is 11.6. The minimum atomic E-state index is -0.859. The van der Waals surface area contributed by atoms with Crippen molar-refractivity contribution in [2.24, 2.45) is 0 Å². The molecule has 0 unspecified atom stereocenters. The Kier molecular flexibility index (Phi) is 7.50. The normalized spacial score (nSPS) is 14.7. The second kappa shape index (κ2) is 10.5. The quantitative estimate of drug-likeness (QED) is 0.418. The van der Waals surface area contributed by atoms with Gasteiger partial charge in [-0.3, -0.25) is 4.79 Å². The lowest BCUT2D eigenvalue weighted by atomic mass is 9.94. The van der Waals surface area contributed by atoms with Crippen molar-refractivity contribution in [3.05, 3.63) is 47.0 Å². The SMILES string of the molecule is O=C(O)CCOCCN(c1cc(-n2ccnc2)c2ccc(Cl)c(Cl)c2n1)C1CCCCC1. The van der Waals surface area contributed by atoms with Gasteiger partial charge in [0.2, 0.25) is 0 Å². The fourth-order valence-electron chi connectivity index (χ4n) is 4.27. The summed E-state index contributed by atoms with van der Waals surface area (Å²) in [5.41, 5.74) is 1.57. The fraction of sp³-hybridized carbons (Fsp3) is 0.435. The van der Waals surface area contributed by atoms with Crippen LogP contribution in [0.1, 0.15) is 38.5 Å². The summed E-state index contributed by atoms with van der Waals surface area (Å²) in [6, 6.07) is 6.10. The van der Waals surface area contributed by atoms with Crippen LogP contribution in [0.15, 0.2) is 36.9 Å². The average molecular weight is 477 g/mol. The molecule has 9 heteroatoms. The fourth-order valence-corrected chi connectivity index (χ4v) is 4.63. The summed E-state index contributed by atoms with van der Waals surface area (Å²) in [4.78, 5) is 22.2. The number of fused-ring (bicyclic) bond motifs is 1. The van der Waals surface area contributed by atoms with Crippen LogP contribution in [0, 0.1) is 0 Å². The number of hydrogen-bond acceptors (Lipinski definition) is 5. The smallest absolute Gasteiger partial charge is 0.305 e. The van der Waals surface area contributed by atoms with E-state index in [9.17, 15) is 4.79 Å². The van der Waals surface area contributed by atoms with E-state index in [4.69, 9.17) is 38.0 Å². The van der Waals surface area contributed by atoms with E-state index in [1.165, 1.54) is 19.3 Å². The second-order valence-electron chi connectivity index (χ2n) is 7.97. The predicted octanol–water partition coefficient (Wildman–Crippen LogP) is 5.36. The summed E-state index contributed by atoms with van der Waals surface area (Å²) < 4.78 is 7.55. The molecule has 1 aliphatic rings. The van der Waals surface area contributed by atoms with E-state index in [1.54, 1.807) is 18.6 Å². The number of pyridine rings is 1. The molecule has 0 saturated heterocycles.